The summed E-state index contributed by atoms with van der Waals surface area (Å²) in [5.41, 5.74) is 0.913. The van der Waals surface area contributed by atoms with Crippen LogP contribution in [0, 0.1) is 5.82 Å². The number of imide groups is 1. The van der Waals surface area contributed by atoms with Crippen molar-refractivity contribution in [2.75, 3.05) is 6.54 Å². The lowest BCUT2D eigenvalue weighted by Crippen LogP contribution is -2.40. The Balaban J connectivity index is 1.73. The summed E-state index contributed by atoms with van der Waals surface area (Å²) < 4.78 is 12.7. The van der Waals surface area contributed by atoms with Gasteiger partial charge in [0.1, 0.15) is 5.82 Å². The Morgan fingerprint density at radius 1 is 1.15 bits per heavy atom. The average molecular weight is 292 g/mol. The lowest BCUT2D eigenvalue weighted by atomic mass is 10.1. The monoisotopic (exact) mass is 292 g/mol. The summed E-state index contributed by atoms with van der Waals surface area (Å²) in [4.78, 5) is 23.6. The van der Waals surface area contributed by atoms with Gasteiger partial charge >= 0.3 is 6.03 Å². The molecule has 0 aliphatic heterocycles. The van der Waals surface area contributed by atoms with E-state index in [0.717, 1.165) is 5.56 Å². The van der Waals surface area contributed by atoms with Crippen molar-refractivity contribution < 1.29 is 14.0 Å². The lowest BCUT2D eigenvalue weighted by Gasteiger charge is -2.06. The highest BCUT2D eigenvalue weighted by molar-refractivity contribution is 7.12. The van der Waals surface area contributed by atoms with E-state index >= 15 is 0 Å². The number of halogens is 1. The van der Waals surface area contributed by atoms with Crippen LogP contribution < -0.4 is 10.6 Å². The van der Waals surface area contributed by atoms with Crippen LogP contribution in [0.5, 0.6) is 0 Å². The van der Waals surface area contributed by atoms with Crippen LogP contribution in [0.4, 0.5) is 9.18 Å². The minimum absolute atomic E-state index is 0.291. The van der Waals surface area contributed by atoms with E-state index in [1.165, 1.54) is 23.5 Å². The van der Waals surface area contributed by atoms with Gasteiger partial charge in [0.2, 0.25) is 0 Å². The van der Waals surface area contributed by atoms with Crippen molar-refractivity contribution in [3.05, 3.63) is 58.0 Å². The molecule has 0 unspecified atom stereocenters. The molecule has 0 saturated heterocycles. The van der Waals surface area contributed by atoms with E-state index in [2.05, 4.69) is 10.6 Å². The molecule has 6 heteroatoms. The highest BCUT2D eigenvalue weighted by Gasteiger charge is 2.10. The van der Waals surface area contributed by atoms with Gasteiger partial charge in [-0.05, 0) is 35.6 Å². The van der Waals surface area contributed by atoms with E-state index in [9.17, 15) is 14.0 Å². The van der Waals surface area contributed by atoms with Gasteiger partial charge in [0.05, 0.1) is 4.88 Å². The Morgan fingerprint density at radius 3 is 2.55 bits per heavy atom. The quantitative estimate of drug-likeness (QED) is 0.910. The van der Waals surface area contributed by atoms with Crippen molar-refractivity contribution >= 4 is 23.3 Å². The zero-order valence-electron chi connectivity index (χ0n) is 10.6. The van der Waals surface area contributed by atoms with Gasteiger partial charge in [-0.15, -0.1) is 11.3 Å². The van der Waals surface area contributed by atoms with Crippen LogP contribution in [-0.4, -0.2) is 18.5 Å². The first kappa shape index (κ1) is 14.2. The predicted octanol–water partition coefficient (Wildman–Crippen LogP) is 2.57. The van der Waals surface area contributed by atoms with Crippen molar-refractivity contribution in [1.82, 2.24) is 10.6 Å². The number of urea groups is 1. The molecule has 1 aromatic carbocycles. The number of carbonyl (C=O) groups is 2. The molecule has 20 heavy (non-hydrogen) atoms. The van der Waals surface area contributed by atoms with E-state index < -0.39 is 11.9 Å². The normalized spacial score (nSPS) is 10.1. The summed E-state index contributed by atoms with van der Waals surface area (Å²) in [7, 11) is 0. The Morgan fingerprint density at radius 2 is 1.90 bits per heavy atom. The first-order chi connectivity index (χ1) is 9.65. The van der Waals surface area contributed by atoms with Crippen LogP contribution in [-0.2, 0) is 6.42 Å². The fraction of sp³-hybridized carbons (Fsp3) is 0.143. The Kier molecular flexibility index (Phi) is 4.84. The fourth-order valence-electron chi connectivity index (χ4n) is 1.59. The molecule has 0 spiro atoms. The molecule has 0 radical (unpaired) electrons. The Labute approximate surface area is 119 Å². The molecular weight excluding hydrogens is 279 g/mol. The van der Waals surface area contributed by atoms with Crippen LogP contribution in [0.15, 0.2) is 41.8 Å². The molecular formula is C14H13FN2O2S. The highest BCUT2D eigenvalue weighted by atomic mass is 32.1. The van der Waals surface area contributed by atoms with E-state index in [1.54, 1.807) is 29.6 Å². The number of rotatable bonds is 4. The first-order valence-electron chi connectivity index (χ1n) is 6.02. The smallest absolute Gasteiger partial charge is 0.321 e. The van der Waals surface area contributed by atoms with E-state index in [4.69, 9.17) is 0 Å². The van der Waals surface area contributed by atoms with Gasteiger partial charge in [-0.2, -0.15) is 0 Å². The summed E-state index contributed by atoms with van der Waals surface area (Å²) in [6, 6.07) is 8.91. The fourth-order valence-corrected chi connectivity index (χ4v) is 2.21. The second-order valence-corrected chi connectivity index (χ2v) is 5.01. The zero-order chi connectivity index (χ0) is 14.4. The third-order valence-corrected chi connectivity index (χ3v) is 3.45. The van der Waals surface area contributed by atoms with Crippen LogP contribution in [0.1, 0.15) is 15.2 Å². The summed E-state index contributed by atoms with van der Waals surface area (Å²) in [6.07, 6.45) is 0.570. The van der Waals surface area contributed by atoms with Crippen molar-refractivity contribution in [3.8, 4) is 0 Å². The Hall–Kier alpha value is -2.21. The van der Waals surface area contributed by atoms with Gasteiger partial charge in [0, 0.05) is 6.54 Å². The van der Waals surface area contributed by atoms with E-state index in [-0.39, 0.29) is 5.82 Å². The van der Waals surface area contributed by atoms with Gasteiger partial charge in [0.25, 0.3) is 5.91 Å². The topological polar surface area (TPSA) is 58.2 Å². The van der Waals surface area contributed by atoms with Crippen molar-refractivity contribution in [2.45, 2.75) is 6.42 Å². The number of benzene rings is 1. The maximum atomic E-state index is 12.7. The van der Waals surface area contributed by atoms with Crippen LogP contribution in [0.2, 0.25) is 0 Å². The number of nitrogens with one attached hydrogen (secondary N) is 2. The maximum Gasteiger partial charge on any atom is 0.321 e. The van der Waals surface area contributed by atoms with Crippen molar-refractivity contribution in [3.63, 3.8) is 0 Å². The van der Waals surface area contributed by atoms with Crippen LogP contribution in [0.25, 0.3) is 0 Å². The van der Waals surface area contributed by atoms with E-state index in [0.29, 0.717) is 17.8 Å². The largest absolute Gasteiger partial charge is 0.337 e. The molecule has 2 rings (SSSR count). The maximum absolute atomic E-state index is 12.7. The molecule has 1 heterocycles. The number of hydrogen-bond donors (Lipinski definition) is 2. The second-order valence-electron chi connectivity index (χ2n) is 4.06. The van der Waals surface area contributed by atoms with Gasteiger partial charge < -0.3 is 5.32 Å². The zero-order valence-corrected chi connectivity index (χ0v) is 11.4. The minimum atomic E-state index is -0.537. The third kappa shape index (κ3) is 4.17. The SMILES string of the molecule is O=C(NCCc1ccc(F)cc1)NC(=O)c1cccs1. The highest BCUT2D eigenvalue weighted by Crippen LogP contribution is 2.07. The minimum Gasteiger partial charge on any atom is -0.337 e. The summed E-state index contributed by atoms with van der Waals surface area (Å²) in [5.74, 6) is -0.708. The molecule has 0 atom stereocenters. The summed E-state index contributed by atoms with van der Waals surface area (Å²) >= 11 is 1.27. The molecule has 0 aliphatic rings. The molecule has 4 nitrogen and oxygen atoms in total. The van der Waals surface area contributed by atoms with E-state index in [1.807, 2.05) is 0 Å². The average Bonchev–Trinajstić information content (AvgIpc) is 2.95. The summed E-state index contributed by atoms with van der Waals surface area (Å²) in [6.45, 7) is 0.370. The van der Waals surface area contributed by atoms with Gasteiger partial charge in [0.15, 0.2) is 0 Å². The molecule has 0 saturated carbocycles. The molecule has 0 aliphatic carbocycles. The number of carbonyl (C=O) groups excluding carboxylic acids is 2. The van der Waals surface area contributed by atoms with Crippen molar-refractivity contribution in [1.29, 1.82) is 0 Å². The van der Waals surface area contributed by atoms with Gasteiger partial charge in [-0.1, -0.05) is 18.2 Å². The molecule has 0 bridgehead atoms. The first-order valence-corrected chi connectivity index (χ1v) is 6.90. The molecule has 2 N–H and O–H groups in total. The van der Waals surface area contributed by atoms with Crippen molar-refractivity contribution in [2.24, 2.45) is 0 Å². The standard InChI is InChI=1S/C14H13FN2O2S/c15-11-5-3-10(4-6-11)7-8-16-14(19)17-13(18)12-2-1-9-20-12/h1-6,9H,7-8H2,(H2,16,17,18,19). The molecule has 104 valence electrons. The van der Waals surface area contributed by atoms with Crippen LogP contribution >= 0.6 is 11.3 Å². The molecule has 0 fully saturated rings. The summed E-state index contributed by atoms with van der Waals surface area (Å²) in [5, 5.41) is 6.58. The lowest BCUT2D eigenvalue weighted by molar-refractivity contribution is 0.0968. The van der Waals surface area contributed by atoms with Crippen LogP contribution in [0.3, 0.4) is 0 Å². The Bertz CT molecular complexity index is 582. The third-order valence-electron chi connectivity index (χ3n) is 2.58. The number of hydrogen-bond acceptors (Lipinski definition) is 3. The number of thiophene rings is 1. The molecule has 1 aromatic heterocycles. The molecule has 3 amide bonds. The van der Waals surface area contributed by atoms with Gasteiger partial charge in [-0.3, -0.25) is 10.1 Å². The number of amides is 3. The predicted molar refractivity (Wildman–Crippen MR) is 75.3 cm³/mol. The molecule has 2 aromatic rings. The second kappa shape index (κ2) is 6.81. The van der Waals surface area contributed by atoms with Gasteiger partial charge in [-0.25, -0.2) is 9.18 Å².